The summed E-state index contributed by atoms with van der Waals surface area (Å²) in [5, 5.41) is 13.1. The van der Waals surface area contributed by atoms with Crippen molar-refractivity contribution in [2.24, 2.45) is 0 Å². The molecule has 1 aromatic carbocycles. The minimum absolute atomic E-state index is 0.319. The van der Waals surface area contributed by atoms with Gasteiger partial charge in [0.15, 0.2) is 0 Å². The lowest BCUT2D eigenvalue weighted by atomic mass is 9.74. The van der Waals surface area contributed by atoms with E-state index in [0.29, 0.717) is 6.10 Å². The molecule has 1 saturated carbocycles. The van der Waals surface area contributed by atoms with Gasteiger partial charge < -0.3 is 10.1 Å². The molecule has 0 aromatic heterocycles. The Morgan fingerprint density at radius 1 is 1.27 bits per heavy atom. The Labute approximate surface area is 133 Å². The van der Waals surface area contributed by atoms with Crippen molar-refractivity contribution in [1.82, 2.24) is 5.32 Å². The number of benzene rings is 1. The van der Waals surface area contributed by atoms with Gasteiger partial charge in [-0.05, 0) is 63.2 Å². The van der Waals surface area contributed by atoms with Crippen molar-refractivity contribution >= 4 is 6.08 Å². The average molecular weight is 296 g/mol. The zero-order chi connectivity index (χ0) is 15.4. The van der Waals surface area contributed by atoms with Crippen molar-refractivity contribution in [3.05, 3.63) is 35.9 Å². The molecule has 0 amide bonds. The SMILES string of the molecule is C=Cc1ccc(C2(C#N)CCNCC2)cc1OC1CCCC1. The first-order chi connectivity index (χ1) is 10.8. The summed E-state index contributed by atoms with van der Waals surface area (Å²) in [4.78, 5) is 0. The Balaban J connectivity index is 1.91. The summed E-state index contributed by atoms with van der Waals surface area (Å²) in [6, 6.07) is 8.78. The van der Waals surface area contributed by atoms with Crippen molar-refractivity contribution in [2.45, 2.75) is 50.0 Å². The third-order valence-corrected chi connectivity index (χ3v) is 5.05. The molecule has 1 aliphatic carbocycles. The van der Waals surface area contributed by atoms with Crippen LogP contribution in [0.15, 0.2) is 24.8 Å². The van der Waals surface area contributed by atoms with Crippen molar-refractivity contribution < 1.29 is 4.74 Å². The minimum atomic E-state index is -0.376. The third-order valence-electron chi connectivity index (χ3n) is 5.05. The third kappa shape index (κ3) is 2.89. The highest BCUT2D eigenvalue weighted by atomic mass is 16.5. The van der Waals surface area contributed by atoms with E-state index in [9.17, 15) is 5.26 Å². The van der Waals surface area contributed by atoms with Crippen LogP contribution in [-0.4, -0.2) is 19.2 Å². The summed E-state index contributed by atoms with van der Waals surface area (Å²) in [6.07, 6.45) is 8.65. The topological polar surface area (TPSA) is 45.0 Å². The molecular formula is C19H24N2O. The molecule has 1 aliphatic heterocycles. The zero-order valence-corrected chi connectivity index (χ0v) is 13.1. The van der Waals surface area contributed by atoms with E-state index in [1.54, 1.807) is 0 Å². The summed E-state index contributed by atoms with van der Waals surface area (Å²) >= 11 is 0. The predicted octanol–water partition coefficient (Wildman–Crippen LogP) is 3.80. The Morgan fingerprint density at radius 3 is 2.64 bits per heavy atom. The summed E-state index contributed by atoms with van der Waals surface area (Å²) in [5.41, 5.74) is 1.74. The van der Waals surface area contributed by atoms with E-state index in [1.807, 2.05) is 12.1 Å². The van der Waals surface area contributed by atoms with E-state index in [2.05, 4.69) is 30.1 Å². The molecule has 22 heavy (non-hydrogen) atoms. The van der Waals surface area contributed by atoms with Crippen LogP contribution in [0.3, 0.4) is 0 Å². The van der Waals surface area contributed by atoms with E-state index in [-0.39, 0.29) is 5.41 Å². The highest BCUT2D eigenvalue weighted by Crippen LogP contribution is 2.37. The number of hydrogen-bond donors (Lipinski definition) is 1. The number of nitriles is 1. The van der Waals surface area contributed by atoms with Crippen LogP contribution in [0.1, 0.15) is 49.7 Å². The normalized spacial score (nSPS) is 21.2. The molecule has 1 heterocycles. The van der Waals surface area contributed by atoms with Gasteiger partial charge in [0.1, 0.15) is 5.75 Å². The molecule has 0 atom stereocenters. The van der Waals surface area contributed by atoms with Crippen LogP contribution >= 0.6 is 0 Å². The Kier molecular flexibility index (Phi) is 4.49. The number of rotatable bonds is 4. The summed E-state index contributed by atoms with van der Waals surface area (Å²) in [6.45, 7) is 5.69. The van der Waals surface area contributed by atoms with Gasteiger partial charge in [-0.2, -0.15) is 5.26 Å². The zero-order valence-electron chi connectivity index (χ0n) is 13.1. The Morgan fingerprint density at radius 2 is 2.00 bits per heavy atom. The molecule has 116 valence electrons. The van der Waals surface area contributed by atoms with E-state index in [1.165, 1.54) is 12.8 Å². The molecule has 1 saturated heterocycles. The predicted molar refractivity (Wildman–Crippen MR) is 88.8 cm³/mol. The van der Waals surface area contributed by atoms with Gasteiger partial charge in [-0.25, -0.2) is 0 Å². The van der Waals surface area contributed by atoms with Crippen molar-refractivity contribution in [3.8, 4) is 11.8 Å². The number of ether oxygens (including phenoxy) is 1. The number of piperidine rings is 1. The van der Waals surface area contributed by atoms with Crippen LogP contribution in [0, 0.1) is 11.3 Å². The lowest BCUT2D eigenvalue weighted by molar-refractivity contribution is 0.209. The smallest absolute Gasteiger partial charge is 0.127 e. The van der Waals surface area contributed by atoms with Gasteiger partial charge in [-0.15, -0.1) is 0 Å². The van der Waals surface area contributed by atoms with E-state index in [4.69, 9.17) is 4.74 Å². The molecule has 2 fully saturated rings. The fourth-order valence-corrected chi connectivity index (χ4v) is 3.61. The average Bonchev–Trinajstić information content (AvgIpc) is 3.08. The first kappa shape index (κ1) is 15.1. The first-order valence-electron chi connectivity index (χ1n) is 8.33. The highest BCUT2D eigenvalue weighted by molar-refractivity contribution is 5.58. The van der Waals surface area contributed by atoms with Gasteiger partial charge >= 0.3 is 0 Å². The second-order valence-electron chi connectivity index (χ2n) is 6.42. The van der Waals surface area contributed by atoms with Crippen LogP contribution in [0.2, 0.25) is 0 Å². The summed E-state index contributed by atoms with van der Waals surface area (Å²) in [7, 11) is 0. The Bertz CT molecular complexity index is 576. The van der Waals surface area contributed by atoms with E-state index >= 15 is 0 Å². The second-order valence-corrected chi connectivity index (χ2v) is 6.42. The maximum absolute atomic E-state index is 9.76. The molecule has 3 heteroatoms. The standard InChI is InChI=1S/C19H24N2O/c1-2-15-7-8-16(19(14-20)9-11-21-12-10-19)13-18(15)22-17-5-3-4-6-17/h2,7-8,13,17,21H,1,3-6,9-12H2. The van der Waals surface area contributed by atoms with Crippen LogP contribution in [0.25, 0.3) is 6.08 Å². The van der Waals surface area contributed by atoms with Gasteiger partial charge in [0.2, 0.25) is 0 Å². The lowest BCUT2D eigenvalue weighted by Crippen LogP contribution is -2.38. The van der Waals surface area contributed by atoms with Crippen molar-refractivity contribution in [2.75, 3.05) is 13.1 Å². The first-order valence-corrected chi connectivity index (χ1v) is 8.33. The molecule has 3 nitrogen and oxygen atoms in total. The molecule has 2 aliphatic rings. The van der Waals surface area contributed by atoms with Crippen LogP contribution < -0.4 is 10.1 Å². The number of hydrogen-bond acceptors (Lipinski definition) is 3. The fraction of sp³-hybridized carbons (Fsp3) is 0.526. The largest absolute Gasteiger partial charge is 0.490 e. The van der Waals surface area contributed by atoms with Gasteiger partial charge in [-0.3, -0.25) is 0 Å². The molecule has 0 bridgehead atoms. The molecule has 1 N–H and O–H groups in total. The van der Waals surface area contributed by atoms with Crippen LogP contribution in [0.5, 0.6) is 5.75 Å². The molecule has 0 spiro atoms. The highest BCUT2D eigenvalue weighted by Gasteiger charge is 2.34. The second kappa shape index (κ2) is 6.54. The van der Waals surface area contributed by atoms with Crippen molar-refractivity contribution in [3.63, 3.8) is 0 Å². The minimum Gasteiger partial charge on any atom is -0.490 e. The number of nitrogens with one attached hydrogen (secondary N) is 1. The van der Waals surface area contributed by atoms with Crippen LogP contribution in [-0.2, 0) is 5.41 Å². The van der Waals surface area contributed by atoms with Crippen molar-refractivity contribution in [1.29, 1.82) is 5.26 Å². The fourth-order valence-electron chi connectivity index (χ4n) is 3.61. The monoisotopic (exact) mass is 296 g/mol. The van der Waals surface area contributed by atoms with Crippen LogP contribution in [0.4, 0.5) is 0 Å². The number of nitrogens with zero attached hydrogens (tertiary/aromatic N) is 1. The summed E-state index contributed by atoms with van der Waals surface area (Å²) in [5.74, 6) is 0.896. The lowest BCUT2D eigenvalue weighted by Gasteiger charge is -2.32. The van der Waals surface area contributed by atoms with E-state index in [0.717, 1.165) is 55.6 Å². The van der Waals surface area contributed by atoms with Gasteiger partial charge in [0.25, 0.3) is 0 Å². The molecular weight excluding hydrogens is 272 g/mol. The maximum atomic E-state index is 9.76. The van der Waals surface area contributed by atoms with Gasteiger partial charge in [-0.1, -0.05) is 24.8 Å². The maximum Gasteiger partial charge on any atom is 0.127 e. The van der Waals surface area contributed by atoms with E-state index < -0.39 is 0 Å². The Hall–Kier alpha value is -1.79. The quantitative estimate of drug-likeness (QED) is 0.919. The molecule has 3 rings (SSSR count). The van der Waals surface area contributed by atoms with Gasteiger partial charge in [0, 0.05) is 5.56 Å². The molecule has 0 radical (unpaired) electrons. The molecule has 1 aromatic rings. The molecule has 0 unspecified atom stereocenters. The van der Waals surface area contributed by atoms with Gasteiger partial charge in [0.05, 0.1) is 17.6 Å². The summed E-state index contributed by atoms with van der Waals surface area (Å²) < 4.78 is 6.22.